The first-order valence-electron chi connectivity index (χ1n) is 6.13. The summed E-state index contributed by atoms with van der Waals surface area (Å²) in [6.07, 6.45) is 4.77. The van der Waals surface area contributed by atoms with Gasteiger partial charge < -0.3 is 5.73 Å². The number of nitrogens with two attached hydrogens (primary N) is 1. The van der Waals surface area contributed by atoms with Gasteiger partial charge in [0.15, 0.2) is 0 Å². The molecule has 0 fully saturated rings. The Morgan fingerprint density at radius 1 is 1.33 bits per heavy atom. The lowest BCUT2D eigenvalue weighted by molar-refractivity contribution is 0.424. The van der Waals surface area contributed by atoms with Crippen LogP contribution in [0.4, 0.5) is 0 Å². The van der Waals surface area contributed by atoms with Crippen LogP contribution >= 0.6 is 11.6 Å². The topological polar surface area (TPSA) is 43.8 Å². The van der Waals surface area contributed by atoms with Gasteiger partial charge in [0.05, 0.1) is 12.2 Å². The van der Waals surface area contributed by atoms with Crippen LogP contribution in [0.2, 0.25) is 5.02 Å². The van der Waals surface area contributed by atoms with Gasteiger partial charge >= 0.3 is 0 Å². The van der Waals surface area contributed by atoms with Gasteiger partial charge in [0, 0.05) is 17.3 Å². The van der Waals surface area contributed by atoms with Crippen LogP contribution in [0.5, 0.6) is 0 Å². The summed E-state index contributed by atoms with van der Waals surface area (Å²) in [5.41, 5.74) is 8.51. The third-order valence-electron chi connectivity index (χ3n) is 3.10. The highest BCUT2D eigenvalue weighted by molar-refractivity contribution is 6.30. The summed E-state index contributed by atoms with van der Waals surface area (Å²) in [7, 11) is 0. The average molecular weight is 264 g/mol. The monoisotopic (exact) mass is 263 g/mol. The molecule has 0 aliphatic heterocycles. The Morgan fingerprint density at radius 3 is 2.50 bits per heavy atom. The standard InChI is InChI=1S/C14H18ClN3/c1-3-13(16)14(18-9-10(2)8-17-18)11-4-6-12(15)7-5-11/h4-9,13-14H,3,16H2,1-2H3. The van der Waals surface area contributed by atoms with E-state index < -0.39 is 0 Å². The minimum atomic E-state index is 0.0328. The zero-order chi connectivity index (χ0) is 13.1. The van der Waals surface area contributed by atoms with Crippen molar-refractivity contribution in [3.8, 4) is 0 Å². The number of aromatic nitrogens is 2. The van der Waals surface area contributed by atoms with Gasteiger partial charge in [-0.2, -0.15) is 5.10 Å². The Balaban J connectivity index is 2.39. The Morgan fingerprint density at radius 2 is 2.00 bits per heavy atom. The molecule has 2 unspecified atom stereocenters. The van der Waals surface area contributed by atoms with E-state index in [2.05, 4.69) is 12.0 Å². The molecule has 0 spiro atoms. The van der Waals surface area contributed by atoms with E-state index in [-0.39, 0.29) is 12.1 Å². The van der Waals surface area contributed by atoms with Gasteiger partial charge in [-0.05, 0) is 36.6 Å². The molecule has 3 nitrogen and oxygen atoms in total. The van der Waals surface area contributed by atoms with Crippen LogP contribution in [0.25, 0.3) is 0 Å². The van der Waals surface area contributed by atoms with Gasteiger partial charge in [-0.25, -0.2) is 0 Å². The van der Waals surface area contributed by atoms with Crippen LogP contribution in [0.3, 0.4) is 0 Å². The summed E-state index contributed by atoms with van der Waals surface area (Å²) >= 11 is 5.93. The molecular formula is C14H18ClN3. The van der Waals surface area contributed by atoms with Crippen molar-refractivity contribution in [1.29, 1.82) is 0 Å². The molecule has 2 N–H and O–H groups in total. The summed E-state index contributed by atoms with van der Waals surface area (Å²) in [6.45, 7) is 4.11. The van der Waals surface area contributed by atoms with E-state index in [9.17, 15) is 0 Å². The molecule has 96 valence electrons. The second kappa shape index (κ2) is 5.55. The molecule has 0 aliphatic rings. The zero-order valence-electron chi connectivity index (χ0n) is 10.7. The number of aryl methyl sites for hydroxylation is 1. The predicted molar refractivity (Wildman–Crippen MR) is 74.8 cm³/mol. The minimum Gasteiger partial charge on any atom is -0.326 e. The lowest BCUT2D eigenvalue weighted by Crippen LogP contribution is -2.32. The third kappa shape index (κ3) is 2.74. The van der Waals surface area contributed by atoms with Crippen LogP contribution < -0.4 is 5.73 Å². The van der Waals surface area contributed by atoms with Crippen LogP contribution in [0.1, 0.15) is 30.5 Å². The van der Waals surface area contributed by atoms with Gasteiger partial charge in [0.25, 0.3) is 0 Å². The highest BCUT2D eigenvalue weighted by Gasteiger charge is 2.21. The Hall–Kier alpha value is -1.32. The van der Waals surface area contributed by atoms with Crippen molar-refractivity contribution in [3.05, 3.63) is 52.8 Å². The molecule has 18 heavy (non-hydrogen) atoms. The summed E-state index contributed by atoms with van der Waals surface area (Å²) in [6, 6.07) is 7.90. The molecule has 0 amide bonds. The average Bonchev–Trinajstić information content (AvgIpc) is 2.78. The van der Waals surface area contributed by atoms with Crippen molar-refractivity contribution >= 4 is 11.6 Å². The van der Waals surface area contributed by atoms with Crippen molar-refractivity contribution in [1.82, 2.24) is 9.78 Å². The largest absolute Gasteiger partial charge is 0.326 e. The number of nitrogens with zero attached hydrogens (tertiary/aromatic N) is 2. The number of hydrogen-bond donors (Lipinski definition) is 1. The van der Waals surface area contributed by atoms with Crippen molar-refractivity contribution in [2.24, 2.45) is 5.73 Å². The fourth-order valence-corrected chi connectivity index (χ4v) is 2.19. The zero-order valence-corrected chi connectivity index (χ0v) is 11.4. The second-order valence-electron chi connectivity index (χ2n) is 4.57. The van der Waals surface area contributed by atoms with Crippen molar-refractivity contribution in [2.75, 3.05) is 0 Å². The number of halogens is 1. The first-order valence-corrected chi connectivity index (χ1v) is 6.51. The normalized spacial score (nSPS) is 14.4. The number of rotatable bonds is 4. The first kappa shape index (κ1) is 13.1. The molecule has 1 heterocycles. The van der Waals surface area contributed by atoms with E-state index in [0.29, 0.717) is 0 Å². The van der Waals surface area contributed by atoms with Crippen LogP contribution in [0.15, 0.2) is 36.7 Å². The van der Waals surface area contributed by atoms with Gasteiger partial charge in [0.2, 0.25) is 0 Å². The predicted octanol–water partition coefficient (Wildman–Crippen LogP) is 3.17. The molecule has 1 aromatic carbocycles. The van der Waals surface area contributed by atoms with Crippen LogP contribution in [0, 0.1) is 6.92 Å². The van der Waals surface area contributed by atoms with Crippen LogP contribution in [-0.2, 0) is 0 Å². The van der Waals surface area contributed by atoms with E-state index in [1.165, 1.54) is 0 Å². The van der Waals surface area contributed by atoms with Crippen molar-refractivity contribution in [2.45, 2.75) is 32.4 Å². The second-order valence-corrected chi connectivity index (χ2v) is 5.00. The number of hydrogen-bond acceptors (Lipinski definition) is 2. The Labute approximate surface area is 113 Å². The van der Waals surface area contributed by atoms with Crippen molar-refractivity contribution < 1.29 is 0 Å². The lowest BCUT2D eigenvalue weighted by Gasteiger charge is -2.24. The maximum absolute atomic E-state index is 6.23. The third-order valence-corrected chi connectivity index (χ3v) is 3.36. The molecule has 0 bridgehead atoms. The van der Waals surface area contributed by atoms with Gasteiger partial charge in [-0.1, -0.05) is 30.7 Å². The number of benzene rings is 1. The molecule has 2 atom stereocenters. The molecule has 2 rings (SSSR count). The maximum atomic E-state index is 6.23. The van der Waals surface area contributed by atoms with E-state index in [1.54, 1.807) is 0 Å². The van der Waals surface area contributed by atoms with Gasteiger partial charge in [-0.3, -0.25) is 4.68 Å². The molecule has 0 saturated heterocycles. The molecule has 0 radical (unpaired) electrons. The summed E-state index contributed by atoms with van der Waals surface area (Å²) in [5.74, 6) is 0. The van der Waals surface area contributed by atoms with Gasteiger partial charge in [0.1, 0.15) is 0 Å². The Kier molecular flexibility index (Phi) is 4.04. The van der Waals surface area contributed by atoms with Crippen LogP contribution in [-0.4, -0.2) is 15.8 Å². The molecule has 2 aromatic rings. The van der Waals surface area contributed by atoms with Crippen molar-refractivity contribution in [3.63, 3.8) is 0 Å². The maximum Gasteiger partial charge on any atom is 0.0919 e. The first-order chi connectivity index (χ1) is 8.61. The Bertz CT molecular complexity index is 504. The fourth-order valence-electron chi connectivity index (χ4n) is 2.06. The quantitative estimate of drug-likeness (QED) is 0.921. The molecule has 0 saturated carbocycles. The fraction of sp³-hybridized carbons (Fsp3) is 0.357. The van der Waals surface area contributed by atoms with Gasteiger partial charge in [-0.15, -0.1) is 0 Å². The highest BCUT2D eigenvalue weighted by Crippen LogP contribution is 2.24. The van der Waals surface area contributed by atoms with E-state index in [4.69, 9.17) is 17.3 Å². The minimum absolute atomic E-state index is 0.0328. The molecule has 4 heteroatoms. The molecular weight excluding hydrogens is 246 g/mol. The molecule has 0 aliphatic carbocycles. The summed E-state index contributed by atoms with van der Waals surface area (Å²) < 4.78 is 1.94. The summed E-state index contributed by atoms with van der Waals surface area (Å²) in [5, 5.41) is 5.12. The highest BCUT2D eigenvalue weighted by atomic mass is 35.5. The van der Waals surface area contributed by atoms with E-state index >= 15 is 0 Å². The molecule has 1 aromatic heterocycles. The summed E-state index contributed by atoms with van der Waals surface area (Å²) in [4.78, 5) is 0. The van der Waals surface area contributed by atoms with E-state index in [1.807, 2.05) is 48.3 Å². The van der Waals surface area contributed by atoms with E-state index in [0.717, 1.165) is 22.6 Å². The lowest BCUT2D eigenvalue weighted by atomic mass is 9.98. The smallest absolute Gasteiger partial charge is 0.0919 e. The SMILES string of the molecule is CCC(N)C(c1ccc(Cl)cc1)n1cc(C)cn1.